The zero-order chi connectivity index (χ0) is 11.1. The van der Waals surface area contributed by atoms with Crippen molar-refractivity contribution in [2.75, 3.05) is 0 Å². The summed E-state index contributed by atoms with van der Waals surface area (Å²) < 4.78 is 0. The van der Waals surface area contributed by atoms with E-state index in [1.54, 1.807) is 12.1 Å². The van der Waals surface area contributed by atoms with Crippen molar-refractivity contribution in [1.82, 2.24) is 4.98 Å². The van der Waals surface area contributed by atoms with E-state index in [1.807, 2.05) is 24.3 Å². The van der Waals surface area contributed by atoms with Gasteiger partial charge < -0.3 is 0 Å². The lowest BCUT2D eigenvalue weighted by atomic mass is 9.98. The lowest BCUT2D eigenvalue weighted by Crippen LogP contribution is -2.17. The van der Waals surface area contributed by atoms with Gasteiger partial charge in [0.15, 0.2) is 0 Å². The van der Waals surface area contributed by atoms with Gasteiger partial charge >= 0.3 is 0 Å². The van der Waals surface area contributed by atoms with Crippen molar-refractivity contribution in [3.8, 4) is 0 Å². The molecule has 0 unspecified atom stereocenters. The van der Waals surface area contributed by atoms with Crippen molar-refractivity contribution in [2.24, 2.45) is 0 Å². The molecule has 0 N–H and O–H groups in total. The molecule has 0 saturated carbocycles. The molecule has 0 atom stereocenters. The van der Waals surface area contributed by atoms with Crippen LogP contribution in [0.1, 0.15) is 16.1 Å². The van der Waals surface area contributed by atoms with E-state index in [-0.39, 0.29) is 12.4 Å². The SMILES string of the molecule is Cl.O=C1C=Cc2nc3ccccc3cc2C1=O. The van der Waals surface area contributed by atoms with E-state index in [9.17, 15) is 9.59 Å². The Bertz CT molecular complexity index is 662. The summed E-state index contributed by atoms with van der Waals surface area (Å²) in [6.45, 7) is 0. The van der Waals surface area contributed by atoms with Crippen molar-refractivity contribution in [1.29, 1.82) is 0 Å². The Morgan fingerprint density at radius 2 is 1.76 bits per heavy atom. The zero-order valence-corrected chi connectivity index (χ0v) is 9.53. The first kappa shape index (κ1) is 11.5. The molecule has 0 bridgehead atoms. The van der Waals surface area contributed by atoms with Gasteiger partial charge in [-0.05, 0) is 24.3 Å². The monoisotopic (exact) mass is 245 g/mol. The average molecular weight is 246 g/mol. The van der Waals surface area contributed by atoms with Gasteiger partial charge in [-0.15, -0.1) is 12.4 Å². The van der Waals surface area contributed by atoms with Crippen molar-refractivity contribution in [2.45, 2.75) is 0 Å². The number of carbonyl (C=O) groups excluding carboxylic acids is 2. The lowest BCUT2D eigenvalue weighted by molar-refractivity contribution is -0.110. The zero-order valence-electron chi connectivity index (χ0n) is 8.71. The topological polar surface area (TPSA) is 47.0 Å². The molecular formula is C13H8ClNO2. The summed E-state index contributed by atoms with van der Waals surface area (Å²) >= 11 is 0. The normalized spacial score (nSPS) is 13.4. The van der Waals surface area contributed by atoms with Gasteiger partial charge in [-0.2, -0.15) is 0 Å². The van der Waals surface area contributed by atoms with Gasteiger partial charge in [0.2, 0.25) is 11.6 Å². The van der Waals surface area contributed by atoms with E-state index in [1.165, 1.54) is 6.08 Å². The van der Waals surface area contributed by atoms with Gasteiger partial charge in [0.25, 0.3) is 0 Å². The number of allylic oxidation sites excluding steroid dienone is 1. The molecular weight excluding hydrogens is 238 g/mol. The van der Waals surface area contributed by atoms with Crippen LogP contribution in [-0.4, -0.2) is 16.6 Å². The molecule has 84 valence electrons. The van der Waals surface area contributed by atoms with Crippen LogP contribution >= 0.6 is 12.4 Å². The molecule has 0 saturated heterocycles. The predicted molar refractivity (Wildman–Crippen MR) is 67.4 cm³/mol. The van der Waals surface area contributed by atoms with Crippen LogP contribution in [0.15, 0.2) is 36.4 Å². The van der Waals surface area contributed by atoms with Crippen molar-refractivity contribution < 1.29 is 9.59 Å². The third kappa shape index (κ3) is 1.74. The summed E-state index contributed by atoms with van der Waals surface area (Å²) in [4.78, 5) is 27.2. The highest BCUT2D eigenvalue weighted by Crippen LogP contribution is 2.21. The summed E-state index contributed by atoms with van der Waals surface area (Å²) in [6.07, 6.45) is 2.86. The number of nitrogens with zero attached hydrogens (tertiary/aromatic N) is 1. The highest BCUT2D eigenvalue weighted by Gasteiger charge is 2.21. The summed E-state index contributed by atoms with van der Waals surface area (Å²) in [6, 6.07) is 9.24. The Labute approximate surface area is 104 Å². The van der Waals surface area contributed by atoms with Crippen molar-refractivity contribution in [3.63, 3.8) is 0 Å². The summed E-state index contributed by atoms with van der Waals surface area (Å²) in [7, 11) is 0. The average Bonchev–Trinajstić information content (AvgIpc) is 2.32. The molecule has 0 aliphatic heterocycles. The highest BCUT2D eigenvalue weighted by molar-refractivity contribution is 6.50. The fraction of sp³-hybridized carbons (Fsp3) is 0. The highest BCUT2D eigenvalue weighted by atomic mass is 35.5. The summed E-state index contributed by atoms with van der Waals surface area (Å²) in [5, 5.41) is 0.873. The Morgan fingerprint density at radius 1 is 1.00 bits per heavy atom. The van der Waals surface area contributed by atoms with Crippen LogP contribution < -0.4 is 0 Å². The fourth-order valence-electron chi connectivity index (χ4n) is 1.80. The van der Waals surface area contributed by atoms with Gasteiger partial charge in [0.1, 0.15) is 0 Å². The minimum Gasteiger partial charge on any atom is -0.286 e. The molecule has 1 aliphatic rings. The first-order valence-electron chi connectivity index (χ1n) is 4.92. The second-order valence-corrected chi connectivity index (χ2v) is 3.64. The number of aromatic nitrogens is 1. The standard InChI is InChI=1S/C13H7NO2.ClH/c15-12-6-5-11-9(13(12)16)7-8-3-1-2-4-10(8)14-11;/h1-7H;1H. The number of pyridine rings is 1. The number of para-hydroxylation sites is 1. The van der Waals surface area contributed by atoms with E-state index in [2.05, 4.69) is 4.98 Å². The third-order valence-corrected chi connectivity index (χ3v) is 2.61. The minimum atomic E-state index is -0.482. The molecule has 3 nitrogen and oxygen atoms in total. The molecule has 1 aliphatic carbocycles. The second kappa shape index (κ2) is 4.11. The van der Waals surface area contributed by atoms with E-state index in [0.29, 0.717) is 11.3 Å². The molecule has 1 aromatic heterocycles. The lowest BCUT2D eigenvalue weighted by Gasteiger charge is -2.08. The van der Waals surface area contributed by atoms with E-state index in [4.69, 9.17) is 0 Å². The van der Waals surface area contributed by atoms with Gasteiger partial charge in [-0.1, -0.05) is 18.2 Å². The van der Waals surface area contributed by atoms with Crippen molar-refractivity contribution in [3.05, 3.63) is 47.7 Å². The van der Waals surface area contributed by atoms with Crippen LogP contribution in [0.4, 0.5) is 0 Å². The second-order valence-electron chi connectivity index (χ2n) is 3.64. The molecule has 1 heterocycles. The Balaban J connectivity index is 0.00000108. The molecule has 0 radical (unpaired) electrons. The smallest absolute Gasteiger partial charge is 0.235 e. The van der Waals surface area contributed by atoms with Crippen LogP contribution in [0.5, 0.6) is 0 Å². The largest absolute Gasteiger partial charge is 0.286 e. The maximum Gasteiger partial charge on any atom is 0.235 e. The van der Waals surface area contributed by atoms with Crippen LogP contribution in [0.25, 0.3) is 17.0 Å². The van der Waals surface area contributed by atoms with E-state index in [0.717, 1.165) is 10.9 Å². The van der Waals surface area contributed by atoms with Gasteiger partial charge in [0.05, 0.1) is 16.8 Å². The Hall–Kier alpha value is -2.00. The fourth-order valence-corrected chi connectivity index (χ4v) is 1.80. The number of ketones is 2. The first-order chi connectivity index (χ1) is 7.75. The maximum atomic E-state index is 11.6. The Morgan fingerprint density at radius 3 is 2.59 bits per heavy atom. The number of Topliss-reactive ketones (excluding diaryl/α,β-unsaturated/α-hetero) is 1. The minimum absolute atomic E-state index is 0. The molecule has 0 amide bonds. The number of hydrogen-bond acceptors (Lipinski definition) is 3. The third-order valence-electron chi connectivity index (χ3n) is 2.61. The number of carbonyl (C=O) groups is 2. The predicted octanol–water partition coefficient (Wildman–Crippen LogP) is 2.44. The van der Waals surface area contributed by atoms with Gasteiger partial charge in [0, 0.05) is 5.39 Å². The first-order valence-corrected chi connectivity index (χ1v) is 4.92. The summed E-state index contributed by atoms with van der Waals surface area (Å²) in [5.74, 6) is -0.958. The van der Waals surface area contributed by atoms with E-state index < -0.39 is 11.6 Å². The summed E-state index contributed by atoms with van der Waals surface area (Å²) in [5.41, 5.74) is 1.79. The molecule has 0 spiro atoms. The molecule has 3 rings (SSSR count). The molecule has 0 fully saturated rings. The number of halogens is 1. The quantitative estimate of drug-likeness (QED) is 0.670. The number of benzene rings is 1. The van der Waals surface area contributed by atoms with Crippen LogP contribution in [0, 0.1) is 0 Å². The number of hydrogen-bond donors (Lipinski definition) is 0. The molecule has 17 heavy (non-hydrogen) atoms. The van der Waals surface area contributed by atoms with Gasteiger partial charge in [-0.25, -0.2) is 4.98 Å². The van der Waals surface area contributed by atoms with Crippen LogP contribution in [0.2, 0.25) is 0 Å². The maximum absolute atomic E-state index is 11.6. The molecule has 4 heteroatoms. The van der Waals surface area contributed by atoms with Crippen LogP contribution in [-0.2, 0) is 4.79 Å². The van der Waals surface area contributed by atoms with E-state index >= 15 is 0 Å². The van der Waals surface area contributed by atoms with Crippen molar-refractivity contribution >= 4 is 41.0 Å². The van der Waals surface area contributed by atoms with Gasteiger partial charge in [-0.3, -0.25) is 9.59 Å². The number of rotatable bonds is 0. The Kier molecular flexibility index (Phi) is 2.77. The van der Waals surface area contributed by atoms with Crippen LogP contribution in [0.3, 0.4) is 0 Å². The number of fused-ring (bicyclic) bond motifs is 2. The molecule has 2 aromatic rings. The molecule has 1 aromatic carbocycles.